The molecule has 0 radical (unpaired) electrons. The molecule has 0 saturated carbocycles. The highest BCUT2D eigenvalue weighted by atomic mass is 127. The summed E-state index contributed by atoms with van der Waals surface area (Å²) in [5.41, 5.74) is 0.635. The van der Waals surface area contributed by atoms with E-state index in [1.165, 1.54) is 0 Å². The highest BCUT2D eigenvalue weighted by molar-refractivity contribution is 14.1. The first kappa shape index (κ1) is 23.4. The van der Waals surface area contributed by atoms with Gasteiger partial charge in [0.05, 0.1) is 15.7 Å². The molecule has 0 atom stereocenters. The van der Waals surface area contributed by atoms with Crippen LogP contribution in [0.25, 0.3) is 0 Å². The summed E-state index contributed by atoms with van der Waals surface area (Å²) in [7, 11) is 0. The van der Waals surface area contributed by atoms with Crippen molar-refractivity contribution in [2.24, 2.45) is 0 Å². The summed E-state index contributed by atoms with van der Waals surface area (Å²) in [6.45, 7) is 1.74. The number of halogens is 8. The molecule has 0 heterocycles. The zero-order chi connectivity index (χ0) is 23.0. The Balaban J connectivity index is 2.05. The molecule has 0 unspecified atom stereocenters. The molecule has 1 N–H and O–H groups in total. The molecular formula is C20H9BrF6INO2. The van der Waals surface area contributed by atoms with E-state index in [2.05, 4.69) is 48.6 Å². The van der Waals surface area contributed by atoms with Crippen molar-refractivity contribution in [1.29, 1.82) is 0 Å². The maximum Gasteiger partial charge on any atom is 0.345 e. The molecule has 3 rings (SSSR count). The second-order valence-corrected chi connectivity index (χ2v) is 8.28. The molecule has 162 valence electrons. The van der Waals surface area contributed by atoms with E-state index in [9.17, 15) is 31.1 Å². The van der Waals surface area contributed by atoms with Crippen LogP contribution in [0.2, 0.25) is 0 Å². The van der Waals surface area contributed by atoms with Gasteiger partial charge in [-0.3, -0.25) is 0 Å². The molecule has 3 aromatic carbocycles. The van der Waals surface area contributed by atoms with Crippen molar-refractivity contribution in [3.63, 3.8) is 0 Å². The number of aryl methyl sites for hydroxylation is 1. The van der Waals surface area contributed by atoms with Gasteiger partial charge in [-0.2, -0.15) is 8.78 Å². The summed E-state index contributed by atoms with van der Waals surface area (Å²) in [5, 5.41) is 2.80. The number of anilines is 2. The zero-order valence-electron chi connectivity index (χ0n) is 15.2. The monoisotopic (exact) mass is 615 g/mol. The summed E-state index contributed by atoms with van der Waals surface area (Å²) in [4.78, 5) is 12.6. The Hall–Kier alpha value is -2.28. The van der Waals surface area contributed by atoms with Crippen LogP contribution in [0.1, 0.15) is 15.9 Å². The van der Waals surface area contributed by atoms with Gasteiger partial charge in [-0.1, -0.05) is 0 Å². The van der Waals surface area contributed by atoms with Crippen molar-refractivity contribution >= 4 is 55.9 Å². The van der Waals surface area contributed by atoms with E-state index in [0.29, 0.717) is 5.69 Å². The van der Waals surface area contributed by atoms with Crippen LogP contribution in [0.15, 0.2) is 34.8 Å². The maximum absolute atomic E-state index is 14.1. The summed E-state index contributed by atoms with van der Waals surface area (Å²) >= 11 is 4.95. The molecule has 0 aliphatic carbocycles. The molecule has 0 aromatic heterocycles. The van der Waals surface area contributed by atoms with Gasteiger partial charge in [-0.05, 0) is 81.3 Å². The Morgan fingerprint density at radius 2 is 1.48 bits per heavy atom. The van der Waals surface area contributed by atoms with Crippen molar-refractivity contribution < 1.29 is 35.9 Å². The van der Waals surface area contributed by atoms with Crippen molar-refractivity contribution in [1.82, 2.24) is 0 Å². The fraction of sp³-hybridized carbons (Fsp3) is 0.0500. The number of carbonyl (C=O) groups is 1. The number of benzene rings is 3. The molecule has 0 aliphatic heterocycles. The third kappa shape index (κ3) is 4.66. The summed E-state index contributed by atoms with van der Waals surface area (Å²) in [5.74, 6) is -15.6. The van der Waals surface area contributed by atoms with Gasteiger partial charge < -0.3 is 10.1 Å². The third-order valence-electron chi connectivity index (χ3n) is 4.10. The average molecular weight is 616 g/mol. The molecule has 0 saturated heterocycles. The molecule has 0 bridgehead atoms. The molecular weight excluding hydrogens is 607 g/mol. The molecule has 3 nitrogen and oxygen atoms in total. The second-order valence-electron chi connectivity index (χ2n) is 6.18. The van der Waals surface area contributed by atoms with Gasteiger partial charge in [0.25, 0.3) is 0 Å². The van der Waals surface area contributed by atoms with Gasteiger partial charge in [-0.15, -0.1) is 0 Å². The first-order chi connectivity index (χ1) is 14.5. The molecule has 0 aliphatic rings. The number of rotatable bonds is 4. The molecule has 0 spiro atoms. The Bertz CT molecular complexity index is 1190. The minimum Gasteiger partial charge on any atom is -0.416 e. The van der Waals surface area contributed by atoms with E-state index < -0.39 is 52.2 Å². The molecule has 0 fully saturated rings. The number of hydrogen-bond donors (Lipinski definition) is 1. The van der Waals surface area contributed by atoms with E-state index >= 15 is 0 Å². The zero-order valence-corrected chi connectivity index (χ0v) is 19.0. The number of hydrogen-bond acceptors (Lipinski definition) is 3. The number of ether oxygens (including phenoxy) is 1. The van der Waals surface area contributed by atoms with E-state index in [-0.39, 0.29) is 10.2 Å². The Labute approximate surface area is 193 Å². The third-order valence-corrected chi connectivity index (χ3v) is 5.38. The van der Waals surface area contributed by atoms with E-state index in [1.54, 1.807) is 25.1 Å². The molecule has 3 aromatic rings. The minimum atomic E-state index is -2.39. The van der Waals surface area contributed by atoms with Gasteiger partial charge in [0.2, 0.25) is 34.8 Å². The van der Waals surface area contributed by atoms with Crippen molar-refractivity contribution in [2.75, 3.05) is 5.32 Å². The number of esters is 1. The van der Waals surface area contributed by atoms with E-state index in [0.717, 1.165) is 21.3 Å². The smallest absolute Gasteiger partial charge is 0.345 e. The van der Waals surface area contributed by atoms with Crippen LogP contribution in [-0.2, 0) is 0 Å². The van der Waals surface area contributed by atoms with Crippen LogP contribution in [-0.4, -0.2) is 5.97 Å². The van der Waals surface area contributed by atoms with E-state index in [4.69, 9.17) is 0 Å². The normalized spacial score (nSPS) is 10.9. The fourth-order valence-electron chi connectivity index (χ4n) is 2.55. The Morgan fingerprint density at radius 1 is 0.903 bits per heavy atom. The standard InChI is InChI=1S/C20H9BrF6INO2/c1-7-4-8(28)2-3-12(7)29-13-6-11(22)10(21)5-9(13)20(30)31-19-17(26)15(24)14(23)16(25)18(19)27/h2-6,29H,1H3. The summed E-state index contributed by atoms with van der Waals surface area (Å²) < 4.78 is 87.0. The van der Waals surface area contributed by atoms with Crippen molar-refractivity contribution in [3.05, 3.63) is 84.4 Å². The van der Waals surface area contributed by atoms with Crippen LogP contribution in [0.4, 0.5) is 37.7 Å². The van der Waals surface area contributed by atoms with E-state index in [1.807, 2.05) is 0 Å². The van der Waals surface area contributed by atoms with Gasteiger partial charge in [-0.25, -0.2) is 22.4 Å². The molecule has 31 heavy (non-hydrogen) atoms. The lowest BCUT2D eigenvalue weighted by atomic mass is 10.1. The predicted octanol–water partition coefficient (Wildman–Crippen LogP) is 7.16. The average Bonchev–Trinajstić information content (AvgIpc) is 2.72. The summed E-state index contributed by atoms with van der Waals surface area (Å²) in [6, 6.07) is 7.05. The number of nitrogens with one attached hydrogen (secondary N) is 1. The lowest BCUT2D eigenvalue weighted by molar-refractivity contribution is 0.0717. The Kier molecular flexibility index (Phi) is 6.84. The highest BCUT2D eigenvalue weighted by Gasteiger charge is 2.29. The van der Waals surface area contributed by atoms with Gasteiger partial charge >= 0.3 is 5.97 Å². The fourth-order valence-corrected chi connectivity index (χ4v) is 3.54. The molecule has 0 amide bonds. The van der Waals surface area contributed by atoms with Crippen molar-refractivity contribution in [3.8, 4) is 5.75 Å². The van der Waals surface area contributed by atoms with Crippen LogP contribution in [0.5, 0.6) is 5.75 Å². The maximum atomic E-state index is 14.1. The van der Waals surface area contributed by atoms with Crippen LogP contribution in [0.3, 0.4) is 0 Å². The van der Waals surface area contributed by atoms with Crippen LogP contribution in [0, 0.1) is 45.4 Å². The lowest BCUT2D eigenvalue weighted by Gasteiger charge is -2.15. The minimum absolute atomic E-state index is 0.154. The predicted molar refractivity (Wildman–Crippen MR) is 112 cm³/mol. The largest absolute Gasteiger partial charge is 0.416 e. The number of carbonyl (C=O) groups excluding carboxylic acids is 1. The lowest BCUT2D eigenvalue weighted by Crippen LogP contribution is -2.15. The van der Waals surface area contributed by atoms with Crippen molar-refractivity contribution in [2.45, 2.75) is 6.92 Å². The highest BCUT2D eigenvalue weighted by Crippen LogP contribution is 2.33. The van der Waals surface area contributed by atoms with Crippen LogP contribution < -0.4 is 10.1 Å². The van der Waals surface area contributed by atoms with Gasteiger partial charge in [0, 0.05) is 9.26 Å². The quantitative estimate of drug-likeness (QED) is 0.0845. The first-order valence-corrected chi connectivity index (χ1v) is 10.1. The Morgan fingerprint density at radius 3 is 2.06 bits per heavy atom. The SMILES string of the molecule is Cc1cc(I)ccc1Nc1cc(F)c(Br)cc1C(=O)Oc1c(F)c(F)c(F)c(F)c1F. The second kappa shape index (κ2) is 9.07. The first-order valence-electron chi connectivity index (χ1n) is 8.27. The topological polar surface area (TPSA) is 38.3 Å². The molecule has 11 heteroatoms. The van der Waals surface area contributed by atoms with Crippen LogP contribution >= 0.6 is 38.5 Å². The summed E-state index contributed by atoms with van der Waals surface area (Å²) in [6.07, 6.45) is 0. The van der Waals surface area contributed by atoms with Gasteiger partial charge in [0.15, 0.2) is 0 Å². The van der Waals surface area contributed by atoms with Gasteiger partial charge in [0.1, 0.15) is 5.82 Å².